The van der Waals surface area contributed by atoms with Crippen molar-refractivity contribution in [1.29, 1.82) is 0 Å². The number of para-hydroxylation sites is 3. The van der Waals surface area contributed by atoms with Gasteiger partial charge in [-0.25, -0.2) is 4.98 Å². The second-order valence-electron chi connectivity index (χ2n) is 18.0. The van der Waals surface area contributed by atoms with Crippen LogP contribution in [0.25, 0.3) is 83.4 Å². The Hall–Kier alpha value is -7.33. The van der Waals surface area contributed by atoms with Gasteiger partial charge in [0.05, 0.1) is 23.6 Å². The number of ether oxygens (including phenoxy) is 1. The van der Waals surface area contributed by atoms with E-state index in [0.717, 1.165) is 49.8 Å². The first-order valence-electron chi connectivity index (χ1n) is 26.0. The molecule has 0 amide bonds. The molecular weight excluding hydrogens is 1010 g/mol. The molecule has 0 fully saturated rings. The number of pyridine rings is 1. The van der Waals surface area contributed by atoms with Crippen LogP contribution in [0.1, 0.15) is 55.3 Å². The van der Waals surface area contributed by atoms with Crippen molar-refractivity contribution in [3.63, 3.8) is 0 Å². The average Bonchev–Trinajstić information content (AvgIpc) is 3.95. The van der Waals surface area contributed by atoms with Crippen LogP contribution < -0.4 is 9.30 Å². The van der Waals surface area contributed by atoms with E-state index in [2.05, 4.69) is 92.3 Å². The molecule has 11 aromatic rings. The fourth-order valence-corrected chi connectivity index (χ4v) is 8.90. The molecule has 0 atom stereocenters. The fourth-order valence-electron chi connectivity index (χ4n) is 8.90. The molecule has 11 rings (SSSR count). The minimum absolute atomic E-state index is 0. The Labute approximate surface area is 423 Å². The zero-order valence-corrected chi connectivity index (χ0v) is 40.5. The summed E-state index contributed by atoms with van der Waals surface area (Å²) in [6.45, 7) is 10.3. The predicted molar refractivity (Wildman–Crippen MR) is 274 cm³/mol. The van der Waals surface area contributed by atoms with E-state index >= 15 is 0 Å². The van der Waals surface area contributed by atoms with Gasteiger partial charge in [0.2, 0.25) is 0 Å². The molecule has 68 heavy (non-hydrogen) atoms. The number of imidazole rings is 1. The van der Waals surface area contributed by atoms with Crippen molar-refractivity contribution in [3.8, 4) is 62.1 Å². The number of benzene rings is 8. The maximum absolute atomic E-state index is 9.12. The smallest absolute Gasteiger partial charge is 0.268 e. The molecule has 0 unspecified atom stereocenters. The molecule has 0 saturated carbocycles. The molecule has 0 aliphatic rings. The molecule has 5 nitrogen and oxygen atoms in total. The van der Waals surface area contributed by atoms with E-state index in [1.807, 2.05) is 120 Å². The maximum atomic E-state index is 9.12. The number of aromatic nitrogens is 4. The summed E-state index contributed by atoms with van der Waals surface area (Å²) in [6, 6.07) is 56.2. The zero-order valence-electron chi connectivity index (χ0n) is 45.2. The van der Waals surface area contributed by atoms with Crippen LogP contribution in [0, 0.1) is 24.4 Å². The van der Waals surface area contributed by atoms with Crippen LogP contribution >= 0.6 is 0 Å². The Balaban J connectivity index is 0.00000641. The summed E-state index contributed by atoms with van der Waals surface area (Å²) in [5.74, 6) is 1.36. The van der Waals surface area contributed by atoms with Gasteiger partial charge >= 0.3 is 0 Å². The molecule has 8 aromatic carbocycles. The number of fused-ring (bicyclic) bond motifs is 4. The Bertz CT molecular complexity index is 3980. The van der Waals surface area contributed by atoms with Crippen LogP contribution in [0.2, 0.25) is 0 Å². The van der Waals surface area contributed by atoms with Crippen LogP contribution in [0.5, 0.6) is 11.5 Å². The molecule has 0 aliphatic carbocycles. The van der Waals surface area contributed by atoms with Gasteiger partial charge in [-0.2, -0.15) is 18.2 Å². The van der Waals surface area contributed by atoms with E-state index in [4.69, 9.17) is 19.3 Å². The molecule has 0 bridgehead atoms. The van der Waals surface area contributed by atoms with Gasteiger partial charge in [0, 0.05) is 47.0 Å². The molecule has 3 heterocycles. The SMILES string of the molecule is [2H]c1c([2H])c([2H])c(-c2cccc(-c3cccc(C([2H])([2H])C(C)C)c3)c2-[n+]2[c-]n(-c3[c-]c(Oc4[c-]c5c(cc4)c4cc(-c6ccccc6)ccc4n5-c4cc(C(C)(C)C)ccn4)ccc3)c3ccccc32)c([2H])c1[2H].[Pt]. The first-order valence-corrected chi connectivity index (χ1v) is 22.5. The third-order valence-electron chi connectivity index (χ3n) is 12.0. The number of hydrogen-bond acceptors (Lipinski definition) is 2. The Morgan fingerprint density at radius 2 is 1.40 bits per heavy atom. The maximum Gasteiger partial charge on any atom is 0.268 e. The minimum atomic E-state index is -1.65. The van der Waals surface area contributed by atoms with E-state index in [1.165, 1.54) is 0 Å². The number of rotatable bonds is 10. The van der Waals surface area contributed by atoms with Crippen molar-refractivity contribution >= 4 is 32.8 Å². The molecular formula is C62H50N4OPt-2. The van der Waals surface area contributed by atoms with Crippen LogP contribution in [0.15, 0.2) is 194 Å². The summed E-state index contributed by atoms with van der Waals surface area (Å²) < 4.78 is 74.4. The van der Waals surface area contributed by atoms with Crippen LogP contribution in [0.3, 0.4) is 0 Å². The summed E-state index contributed by atoms with van der Waals surface area (Å²) in [7, 11) is 0. The first kappa shape index (κ1) is 36.7. The van der Waals surface area contributed by atoms with Crippen molar-refractivity contribution in [1.82, 2.24) is 14.1 Å². The van der Waals surface area contributed by atoms with Crippen LogP contribution in [-0.4, -0.2) is 14.1 Å². The molecule has 0 radical (unpaired) electrons. The Kier molecular flexibility index (Phi) is 9.94. The Morgan fingerprint density at radius 1 is 0.662 bits per heavy atom. The first-order chi connectivity index (χ1) is 35.5. The molecule has 0 aliphatic heterocycles. The number of nitrogens with zero attached hydrogens (tertiary/aromatic N) is 4. The van der Waals surface area contributed by atoms with Crippen molar-refractivity contribution < 1.29 is 40.0 Å². The van der Waals surface area contributed by atoms with Gasteiger partial charge < -0.3 is 13.9 Å². The van der Waals surface area contributed by atoms with Crippen molar-refractivity contribution in [2.45, 2.75) is 46.4 Å². The topological polar surface area (TPSA) is 35.9 Å². The van der Waals surface area contributed by atoms with Crippen molar-refractivity contribution in [2.75, 3.05) is 0 Å². The largest absolute Gasteiger partial charge is 0.510 e. The van der Waals surface area contributed by atoms with E-state index in [9.17, 15) is 0 Å². The van der Waals surface area contributed by atoms with Gasteiger partial charge in [0.25, 0.3) is 6.33 Å². The average molecular weight is 1070 g/mol. The predicted octanol–water partition coefficient (Wildman–Crippen LogP) is 15.1. The van der Waals surface area contributed by atoms with Crippen molar-refractivity contribution in [2.24, 2.45) is 5.92 Å². The van der Waals surface area contributed by atoms with E-state index in [-0.39, 0.29) is 50.0 Å². The van der Waals surface area contributed by atoms with Gasteiger partial charge in [-0.15, -0.1) is 29.7 Å². The third-order valence-corrected chi connectivity index (χ3v) is 12.0. The van der Waals surface area contributed by atoms with Crippen LogP contribution in [0.4, 0.5) is 0 Å². The standard InChI is InChI=1S/C62H50N4O.Pt/c1-42(2)35-43-17-14-22-47(36-43)53-26-16-25-52(45-20-10-7-11-21-45)61(53)65-41-64(57-27-12-13-28-58(57)65)49-23-15-24-50(39-49)67-51-30-31-54-55-37-46(44-18-8-6-9-19-44)29-32-56(55)66(59(54)40-51)60-38-48(33-34-63-60)62(3,4)5;/h6-34,36-38,42H,35H2,1-5H3;/q-2;/i7D,10D,11D,20D,21D,35D2;. The summed E-state index contributed by atoms with van der Waals surface area (Å²) in [5, 5.41) is 2.06. The quantitative estimate of drug-likeness (QED) is 0.101. The molecule has 336 valence electrons. The van der Waals surface area contributed by atoms with Crippen molar-refractivity contribution in [3.05, 3.63) is 224 Å². The summed E-state index contributed by atoms with van der Waals surface area (Å²) in [4.78, 5) is 4.90. The number of hydrogen-bond donors (Lipinski definition) is 0. The minimum Gasteiger partial charge on any atom is -0.510 e. The van der Waals surface area contributed by atoms with E-state index < -0.39 is 24.5 Å². The molecule has 0 N–H and O–H groups in total. The van der Waals surface area contributed by atoms with E-state index in [1.54, 1.807) is 18.2 Å². The molecule has 3 aromatic heterocycles. The monoisotopic (exact) mass is 1070 g/mol. The Morgan fingerprint density at radius 3 is 2.21 bits per heavy atom. The normalized spacial score (nSPS) is 13.4. The third kappa shape index (κ3) is 8.48. The zero-order chi connectivity index (χ0) is 51.8. The van der Waals surface area contributed by atoms with E-state index in [0.29, 0.717) is 50.6 Å². The molecule has 0 spiro atoms. The molecule has 0 saturated heterocycles. The summed E-state index contributed by atoms with van der Waals surface area (Å²) >= 11 is 0. The fraction of sp³-hybridized carbons (Fsp3) is 0.129. The molecule has 6 heteroatoms. The summed E-state index contributed by atoms with van der Waals surface area (Å²) in [6.07, 6.45) is 3.78. The second-order valence-corrected chi connectivity index (χ2v) is 18.0. The van der Waals surface area contributed by atoms with Gasteiger partial charge in [-0.1, -0.05) is 180 Å². The van der Waals surface area contributed by atoms with Gasteiger partial charge in [0.1, 0.15) is 5.82 Å². The van der Waals surface area contributed by atoms with Gasteiger partial charge in [-0.3, -0.25) is 4.57 Å². The summed E-state index contributed by atoms with van der Waals surface area (Å²) in [5.41, 5.74) is 9.82. The second kappa shape index (κ2) is 18.4. The van der Waals surface area contributed by atoms with Gasteiger partial charge in [0.15, 0.2) is 0 Å². The van der Waals surface area contributed by atoms with Gasteiger partial charge in [-0.05, 0) is 91.5 Å². The van der Waals surface area contributed by atoms with Crippen LogP contribution in [-0.2, 0) is 32.9 Å².